The molecule has 1 aliphatic heterocycles. The number of rotatable bonds is 5. The second-order valence-corrected chi connectivity index (χ2v) is 9.59. The molecule has 1 aliphatic rings. The first-order valence-corrected chi connectivity index (χ1v) is 10.2. The Morgan fingerprint density at radius 3 is 2.30 bits per heavy atom. The molecule has 27 heavy (non-hydrogen) atoms. The maximum atomic E-state index is 4.27. The van der Waals surface area contributed by atoms with Gasteiger partial charge in [0.2, 0.25) is 0 Å². The molecule has 1 heterocycles. The van der Waals surface area contributed by atoms with Gasteiger partial charge in [0, 0.05) is 24.7 Å². The third kappa shape index (κ3) is 5.61. The summed E-state index contributed by atoms with van der Waals surface area (Å²) in [5.41, 5.74) is 7.19. The molecule has 0 spiro atoms. The van der Waals surface area contributed by atoms with Crippen molar-refractivity contribution in [3.05, 3.63) is 72.5 Å². The normalized spacial score (nSPS) is 22.2. The number of aryl methyl sites for hydroxylation is 1. The fourth-order valence-corrected chi connectivity index (χ4v) is 4.06. The van der Waals surface area contributed by atoms with Crippen LogP contribution in [0.2, 0.25) is 0 Å². The molecule has 0 aliphatic carbocycles. The van der Waals surface area contributed by atoms with Crippen molar-refractivity contribution in [1.82, 2.24) is 4.90 Å². The minimum atomic E-state index is 0.284. The molecule has 0 aromatic heterocycles. The van der Waals surface area contributed by atoms with Gasteiger partial charge in [0.1, 0.15) is 0 Å². The third-order valence-corrected chi connectivity index (χ3v) is 5.97. The van der Waals surface area contributed by atoms with Crippen molar-refractivity contribution in [3.8, 4) is 0 Å². The molecule has 0 N–H and O–H groups in total. The summed E-state index contributed by atoms with van der Waals surface area (Å²) in [4.78, 5) is 2.44. The number of hydrogen-bond acceptors (Lipinski definition) is 1. The van der Waals surface area contributed by atoms with Crippen LogP contribution in [0.3, 0.4) is 0 Å². The zero-order valence-corrected chi connectivity index (χ0v) is 18.9. The zero-order valence-electron chi connectivity index (χ0n) is 18.9. The number of benzene rings is 1. The molecule has 2 unspecified atom stereocenters. The molecule has 2 rings (SSSR count). The minimum absolute atomic E-state index is 0.284. The predicted octanol–water partition coefficient (Wildman–Crippen LogP) is 7.29. The van der Waals surface area contributed by atoms with E-state index < -0.39 is 0 Å². The average Bonchev–Trinajstić information content (AvgIpc) is 2.95. The van der Waals surface area contributed by atoms with Crippen LogP contribution in [0.5, 0.6) is 0 Å². The molecule has 1 nitrogen and oxygen atoms in total. The molecule has 2 atom stereocenters. The lowest BCUT2D eigenvalue weighted by atomic mass is 9.73. The molecule has 0 bridgehead atoms. The second kappa shape index (κ2) is 8.95. The van der Waals surface area contributed by atoms with Gasteiger partial charge in [0.25, 0.3) is 0 Å². The van der Waals surface area contributed by atoms with Crippen LogP contribution in [0.15, 0.2) is 55.8 Å². The Morgan fingerprint density at radius 1 is 1.22 bits per heavy atom. The molecule has 1 saturated heterocycles. The van der Waals surface area contributed by atoms with Crippen LogP contribution in [-0.4, -0.2) is 18.0 Å². The summed E-state index contributed by atoms with van der Waals surface area (Å²) in [5.74, 6) is 0.549. The topological polar surface area (TPSA) is 3.24 Å². The van der Waals surface area contributed by atoms with Crippen LogP contribution >= 0.6 is 0 Å². The Balaban J connectivity index is 0.00000176. The Morgan fingerprint density at radius 2 is 1.81 bits per heavy atom. The predicted molar refractivity (Wildman–Crippen MR) is 122 cm³/mol. The van der Waals surface area contributed by atoms with E-state index in [2.05, 4.69) is 97.9 Å². The summed E-state index contributed by atoms with van der Waals surface area (Å²) < 4.78 is 0. The van der Waals surface area contributed by atoms with E-state index in [1.807, 2.05) is 0 Å². The summed E-state index contributed by atoms with van der Waals surface area (Å²) in [6.07, 6.45) is 2.31. The van der Waals surface area contributed by atoms with Crippen LogP contribution in [-0.2, 0) is 6.42 Å². The van der Waals surface area contributed by atoms with Crippen molar-refractivity contribution < 1.29 is 0 Å². The van der Waals surface area contributed by atoms with Crippen molar-refractivity contribution in [2.24, 2.45) is 10.8 Å². The highest BCUT2D eigenvalue weighted by Gasteiger charge is 2.42. The standard InChI is InChI=1S/C24H37N.C2H4/c1-10-24(9)16-25(19(5)17(2)3)15-22(24)20-12-11-18(4)21(13-20)14-23(6,7)8;1-2/h11-13,22H,2,5,10,14-16H2,1,3-4,6-9H3;1-2H2. The first-order valence-electron chi connectivity index (χ1n) is 10.2. The summed E-state index contributed by atoms with van der Waals surface area (Å²) in [6, 6.07) is 7.15. The summed E-state index contributed by atoms with van der Waals surface area (Å²) in [7, 11) is 0. The average molecular weight is 368 g/mol. The van der Waals surface area contributed by atoms with E-state index in [9.17, 15) is 0 Å². The van der Waals surface area contributed by atoms with Crippen LogP contribution in [0, 0.1) is 17.8 Å². The summed E-state index contributed by atoms with van der Waals surface area (Å²) in [5, 5.41) is 0. The molecule has 1 fully saturated rings. The fourth-order valence-electron chi connectivity index (χ4n) is 4.06. The highest BCUT2D eigenvalue weighted by atomic mass is 15.2. The van der Waals surface area contributed by atoms with Crippen LogP contribution in [0.4, 0.5) is 0 Å². The van der Waals surface area contributed by atoms with Crippen molar-refractivity contribution in [2.45, 2.75) is 67.2 Å². The SMILES string of the molecule is C=C.C=C(C)C(=C)N1CC(c2ccc(C)c(CC(C)(C)C)c2)C(C)(CC)C1. The Labute approximate surface area is 168 Å². The highest BCUT2D eigenvalue weighted by Crippen LogP contribution is 2.47. The van der Waals surface area contributed by atoms with Gasteiger partial charge in [-0.1, -0.05) is 66.0 Å². The molecule has 0 saturated carbocycles. The minimum Gasteiger partial charge on any atom is -0.371 e. The molecular formula is C26H41N. The lowest BCUT2D eigenvalue weighted by Crippen LogP contribution is -2.25. The molecule has 150 valence electrons. The van der Waals surface area contributed by atoms with Gasteiger partial charge >= 0.3 is 0 Å². The van der Waals surface area contributed by atoms with Crippen LogP contribution < -0.4 is 0 Å². The van der Waals surface area contributed by atoms with E-state index >= 15 is 0 Å². The number of hydrogen-bond donors (Lipinski definition) is 0. The van der Waals surface area contributed by atoms with Gasteiger partial charge in [-0.15, -0.1) is 13.2 Å². The molecule has 1 aromatic carbocycles. The van der Waals surface area contributed by atoms with Gasteiger partial charge in [-0.3, -0.25) is 0 Å². The smallest absolute Gasteiger partial charge is 0.0317 e. The number of allylic oxidation sites excluding steroid dienone is 1. The quantitative estimate of drug-likeness (QED) is 0.390. The molecular weight excluding hydrogens is 326 g/mol. The maximum Gasteiger partial charge on any atom is 0.0317 e. The van der Waals surface area contributed by atoms with E-state index in [0.717, 1.165) is 30.8 Å². The largest absolute Gasteiger partial charge is 0.371 e. The van der Waals surface area contributed by atoms with Gasteiger partial charge in [-0.2, -0.15) is 0 Å². The van der Waals surface area contributed by atoms with Crippen LogP contribution in [0.25, 0.3) is 0 Å². The fraction of sp³-hybridized carbons (Fsp3) is 0.538. The molecule has 1 aromatic rings. The van der Waals surface area contributed by atoms with E-state index in [4.69, 9.17) is 0 Å². The lowest BCUT2D eigenvalue weighted by molar-refractivity contribution is 0.285. The van der Waals surface area contributed by atoms with Crippen molar-refractivity contribution in [3.63, 3.8) is 0 Å². The van der Waals surface area contributed by atoms with Crippen molar-refractivity contribution in [2.75, 3.05) is 13.1 Å². The Kier molecular flexibility index (Phi) is 7.72. The third-order valence-electron chi connectivity index (χ3n) is 5.97. The number of nitrogens with zero attached hydrogens (tertiary/aromatic N) is 1. The van der Waals surface area contributed by atoms with Gasteiger partial charge in [-0.05, 0) is 59.8 Å². The van der Waals surface area contributed by atoms with Crippen LogP contribution in [0.1, 0.15) is 70.6 Å². The van der Waals surface area contributed by atoms with Gasteiger partial charge in [-0.25, -0.2) is 0 Å². The van der Waals surface area contributed by atoms with Gasteiger partial charge < -0.3 is 4.90 Å². The number of likely N-dealkylation sites (tertiary alicyclic amines) is 1. The zero-order chi connectivity index (χ0) is 21.0. The first-order chi connectivity index (χ1) is 12.5. The monoisotopic (exact) mass is 367 g/mol. The van der Waals surface area contributed by atoms with E-state index in [0.29, 0.717) is 11.3 Å². The lowest BCUT2D eigenvalue weighted by Gasteiger charge is -2.30. The van der Waals surface area contributed by atoms with Crippen molar-refractivity contribution in [1.29, 1.82) is 0 Å². The van der Waals surface area contributed by atoms with E-state index in [-0.39, 0.29) is 5.41 Å². The highest BCUT2D eigenvalue weighted by molar-refractivity contribution is 5.36. The first kappa shape index (κ1) is 23.3. The Hall–Kier alpha value is -1.76. The van der Waals surface area contributed by atoms with Gasteiger partial charge in [0.15, 0.2) is 0 Å². The molecule has 0 radical (unpaired) electrons. The second-order valence-electron chi connectivity index (χ2n) is 9.59. The van der Waals surface area contributed by atoms with Crippen molar-refractivity contribution >= 4 is 0 Å². The Bertz CT molecular complexity index is 676. The van der Waals surface area contributed by atoms with E-state index in [1.54, 1.807) is 0 Å². The van der Waals surface area contributed by atoms with E-state index in [1.165, 1.54) is 23.1 Å². The van der Waals surface area contributed by atoms with Gasteiger partial charge in [0.05, 0.1) is 0 Å². The summed E-state index contributed by atoms with van der Waals surface area (Å²) >= 11 is 0. The molecule has 0 amide bonds. The summed E-state index contributed by atoms with van der Waals surface area (Å²) in [6.45, 7) is 32.5. The maximum absolute atomic E-state index is 4.27. The molecule has 1 heteroatoms.